The van der Waals surface area contributed by atoms with Crippen molar-refractivity contribution in [3.8, 4) is 0 Å². The molecule has 1 aliphatic rings. The Bertz CT molecular complexity index is 315. The van der Waals surface area contributed by atoms with Gasteiger partial charge in [0, 0.05) is 24.1 Å². The summed E-state index contributed by atoms with van der Waals surface area (Å²) in [6.45, 7) is 4.02. The van der Waals surface area contributed by atoms with Crippen LogP contribution in [0.25, 0.3) is 0 Å². The molecule has 2 atom stereocenters. The Balaban J connectivity index is 1.77. The molecule has 1 aromatic rings. The summed E-state index contributed by atoms with van der Waals surface area (Å²) in [4.78, 5) is 1.39. The fourth-order valence-corrected chi connectivity index (χ4v) is 3.31. The van der Waals surface area contributed by atoms with Crippen LogP contribution in [-0.4, -0.2) is 18.8 Å². The van der Waals surface area contributed by atoms with Gasteiger partial charge in [-0.3, -0.25) is 0 Å². The second kappa shape index (κ2) is 5.43. The smallest absolute Gasteiger partial charge is 0.0701 e. The topological polar surface area (TPSA) is 21.3 Å². The monoisotopic (exact) mass is 289 g/mol. The van der Waals surface area contributed by atoms with Crippen LogP contribution in [0.4, 0.5) is 0 Å². The molecule has 0 amide bonds. The molecule has 1 saturated heterocycles. The molecule has 2 nitrogen and oxygen atoms in total. The van der Waals surface area contributed by atoms with Gasteiger partial charge in [0.1, 0.15) is 0 Å². The van der Waals surface area contributed by atoms with Crippen molar-refractivity contribution in [1.82, 2.24) is 5.32 Å². The minimum absolute atomic E-state index is 0.409. The minimum atomic E-state index is 0.409. The van der Waals surface area contributed by atoms with Gasteiger partial charge in [-0.15, -0.1) is 11.3 Å². The Hall–Kier alpha value is 0.1000. The van der Waals surface area contributed by atoms with E-state index in [2.05, 4.69) is 40.3 Å². The number of rotatable bonds is 3. The lowest BCUT2D eigenvalue weighted by Crippen LogP contribution is -2.37. The highest BCUT2D eigenvalue weighted by molar-refractivity contribution is 9.11. The summed E-state index contributed by atoms with van der Waals surface area (Å²) < 4.78 is 6.73. The highest BCUT2D eigenvalue weighted by Gasteiger charge is 2.18. The Morgan fingerprint density at radius 2 is 2.47 bits per heavy atom. The first kappa shape index (κ1) is 11.6. The van der Waals surface area contributed by atoms with E-state index in [-0.39, 0.29) is 0 Å². The SMILES string of the molecule is CC1CC(NCc2ccc(Br)s2)CCO1. The molecule has 0 aliphatic carbocycles. The summed E-state index contributed by atoms with van der Waals surface area (Å²) in [5, 5.41) is 3.59. The quantitative estimate of drug-likeness (QED) is 0.923. The fraction of sp³-hybridized carbons (Fsp3) is 0.636. The van der Waals surface area contributed by atoms with Crippen LogP contribution < -0.4 is 5.32 Å². The van der Waals surface area contributed by atoms with Crippen LogP contribution in [0.15, 0.2) is 15.9 Å². The molecule has 0 bridgehead atoms. The van der Waals surface area contributed by atoms with Crippen molar-refractivity contribution in [3.63, 3.8) is 0 Å². The second-order valence-corrected chi connectivity index (χ2v) is 6.54. The molecule has 84 valence electrons. The van der Waals surface area contributed by atoms with Gasteiger partial charge in [-0.25, -0.2) is 0 Å². The van der Waals surface area contributed by atoms with E-state index in [0.29, 0.717) is 12.1 Å². The van der Waals surface area contributed by atoms with Crippen LogP contribution in [0.2, 0.25) is 0 Å². The molecule has 0 spiro atoms. The standard InChI is InChI=1S/C11H16BrNOS/c1-8-6-9(4-5-14-8)13-7-10-2-3-11(12)15-10/h2-3,8-9,13H,4-7H2,1H3. The third kappa shape index (κ3) is 3.55. The predicted octanol–water partition coefficient (Wildman–Crippen LogP) is 3.17. The molecule has 1 aromatic heterocycles. The minimum Gasteiger partial charge on any atom is -0.378 e. The lowest BCUT2D eigenvalue weighted by molar-refractivity contribution is 0.0131. The summed E-state index contributed by atoms with van der Waals surface area (Å²) in [6, 6.07) is 4.90. The molecule has 1 aliphatic heterocycles. The number of hydrogen-bond acceptors (Lipinski definition) is 3. The molecule has 0 saturated carbocycles. The van der Waals surface area contributed by atoms with E-state index < -0.39 is 0 Å². The lowest BCUT2D eigenvalue weighted by Gasteiger charge is -2.27. The average Bonchev–Trinajstić information content (AvgIpc) is 2.62. The maximum atomic E-state index is 5.52. The van der Waals surface area contributed by atoms with Gasteiger partial charge < -0.3 is 10.1 Å². The van der Waals surface area contributed by atoms with Crippen molar-refractivity contribution in [2.75, 3.05) is 6.61 Å². The molecule has 0 radical (unpaired) electrons. The molecule has 2 unspecified atom stereocenters. The summed E-state index contributed by atoms with van der Waals surface area (Å²) in [5.41, 5.74) is 0. The summed E-state index contributed by atoms with van der Waals surface area (Å²) in [5.74, 6) is 0. The maximum Gasteiger partial charge on any atom is 0.0701 e. The van der Waals surface area contributed by atoms with Crippen LogP contribution in [0.1, 0.15) is 24.6 Å². The Morgan fingerprint density at radius 3 is 3.13 bits per heavy atom. The van der Waals surface area contributed by atoms with E-state index in [4.69, 9.17) is 4.74 Å². The van der Waals surface area contributed by atoms with Gasteiger partial charge in [0.2, 0.25) is 0 Å². The molecular formula is C11H16BrNOS. The fourth-order valence-electron chi connectivity index (χ4n) is 1.88. The zero-order chi connectivity index (χ0) is 10.7. The Labute approximate surface area is 103 Å². The molecule has 15 heavy (non-hydrogen) atoms. The third-order valence-electron chi connectivity index (χ3n) is 2.68. The number of nitrogens with one attached hydrogen (secondary N) is 1. The van der Waals surface area contributed by atoms with Crippen molar-refractivity contribution in [3.05, 3.63) is 20.8 Å². The molecule has 2 rings (SSSR count). The van der Waals surface area contributed by atoms with E-state index in [9.17, 15) is 0 Å². The average molecular weight is 290 g/mol. The zero-order valence-corrected chi connectivity index (χ0v) is 11.2. The van der Waals surface area contributed by atoms with Gasteiger partial charge in [-0.1, -0.05) is 0 Å². The van der Waals surface area contributed by atoms with Crippen LogP contribution >= 0.6 is 27.3 Å². The highest BCUT2D eigenvalue weighted by Crippen LogP contribution is 2.22. The number of thiophene rings is 1. The van der Waals surface area contributed by atoms with E-state index in [1.165, 1.54) is 8.66 Å². The van der Waals surface area contributed by atoms with E-state index in [1.807, 2.05) is 0 Å². The van der Waals surface area contributed by atoms with E-state index in [0.717, 1.165) is 26.0 Å². The van der Waals surface area contributed by atoms with Crippen LogP contribution in [0.3, 0.4) is 0 Å². The van der Waals surface area contributed by atoms with Crippen molar-refractivity contribution < 1.29 is 4.74 Å². The third-order valence-corrected chi connectivity index (χ3v) is 4.30. The van der Waals surface area contributed by atoms with Crippen LogP contribution in [-0.2, 0) is 11.3 Å². The number of halogens is 1. The van der Waals surface area contributed by atoms with E-state index in [1.54, 1.807) is 11.3 Å². The van der Waals surface area contributed by atoms with Crippen LogP contribution in [0.5, 0.6) is 0 Å². The van der Waals surface area contributed by atoms with E-state index >= 15 is 0 Å². The first-order valence-electron chi connectivity index (χ1n) is 5.33. The van der Waals surface area contributed by atoms with Gasteiger partial charge in [-0.2, -0.15) is 0 Å². The Kier molecular flexibility index (Phi) is 4.20. The van der Waals surface area contributed by atoms with Crippen molar-refractivity contribution >= 4 is 27.3 Å². The van der Waals surface area contributed by atoms with Crippen molar-refractivity contribution in [2.45, 2.75) is 38.5 Å². The Morgan fingerprint density at radius 1 is 1.60 bits per heavy atom. The molecule has 0 aromatic carbocycles. The van der Waals surface area contributed by atoms with Gasteiger partial charge >= 0.3 is 0 Å². The zero-order valence-electron chi connectivity index (χ0n) is 8.83. The van der Waals surface area contributed by atoms with Gasteiger partial charge in [0.15, 0.2) is 0 Å². The molecule has 1 N–H and O–H groups in total. The lowest BCUT2D eigenvalue weighted by atomic mass is 10.0. The molecular weight excluding hydrogens is 274 g/mol. The van der Waals surface area contributed by atoms with Gasteiger partial charge in [-0.05, 0) is 47.8 Å². The van der Waals surface area contributed by atoms with Gasteiger partial charge in [0.25, 0.3) is 0 Å². The number of ether oxygens (including phenoxy) is 1. The maximum absolute atomic E-state index is 5.52. The van der Waals surface area contributed by atoms with Crippen molar-refractivity contribution in [1.29, 1.82) is 0 Å². The predicted molar refractivity (Wildman–Crippen MR) is 67.3 cm³/mol. The number of hydrogen-bond donors (Lipinski definition) is 1. The normalized spacial score (nSPS) is 26.8. The van der Waals surface area contributed by atoms with Crippen molar-refractivity contribution in [2.24, 2.45) is 0 Å². The summed E-state index contributed by atoms with van der Waals surface area (Å²) in [6.07, 6.45) is 2.68. The molecule has 4 heteroatoms. The molecule has 2 heterocycles. The first-order chi connectivity index (χ1) is 7.24. The molecule has 1 fully saturated rings. The summed E-state index contributed by atoms with van der Waals surface area (Å²) >= 11 is 5.28. The summed E-state index contributed by atoms with van der Waals surface area (Å²) in [7, 11) is 0. The van der Waals surface area contributed by atoms with Crippen LogP contribution in [0, 0.1) is 0 Å². The second-order valence-electron chi connectivity index (χ2n) is 3.99. The largest absolute Gasteiger partial charge is 0.378 e. The first-order valence-corrected chi connectivity index (χ1v) is 6.94. The highest BCUT2D eigenvalue weighted by atomic mass is 79.9. The van der Waals surface area contributed by atoms with Gasteiger partial charge in [0.05, 0.1) is 9.89 Å².